The van der Waals surface area contributed by atoms with E-state index in [0.717, 1.165) is 32.1 Å². The molecule has 0 aliphatic carbocycles. The van der Waals surface area contributed by atoms with E-state index in [0.29, 0.717) is 0 Å². The van der Waals surface area contributed by atoms with Gasteiger partial charge in [0.25, 0.3) is 13.4 Å². The number of benzene rings is 7. The Kier molecular flexibility index (Phi) is 9.82. The molecule has 7 aromatic carbocycles. The molecule has 0 atom stereocenters. The molecular formula is C58H51B2IN4S. The van der Waals surface area contributed by atoms with E-state index in [1.165, 1.54) is 146 Å². The zero-order chi connectivity index (χ0) is 44.2. The normalized spacial score (nSPS) is 14.1. The van der Waals surface area contributed by atoms with Gasteiger partial charge in [0.2, 0.25) is 0 Å². The Morgan fingerprint density at radius 2 is 0.864 bits per heavy atom. The molecule has 0 fully saturated rings. The van der Waals surface area contributed by atoms with Gasteiger partial charge in [-0.15, -0.1) is 0 Å². The van der Waals surface area contributed by atoms with Gasteiger partial charge in [0.05, 0.1) is 22.7 Å². The van der Waals surface area contributed by atoms with Crippen LogP contribution in [0.2, 0.25) is 0 Å². The molecule has 8 heteroatoms. The summed E-state index contributed by atoms with van der Waals surface area (Å²) in [5.41, 5.74) is 25.5. The van der Waals surface area contributed by atoms with E-state index < -0.39 is 0 Å². The lowest BCUT2D eigenvalue weighted by Gasteiger charge is -2.49. The number of nitrogens with zero attached hydrogens (tertiary/aromatic N) is 4. The molecule has 8 aromatic rings. The van der Waals surface area contributed by atoms with E-state index in [-0.39, 0.29) is 13.4 Å². The summed E-state index contributed by atoms with van der Waals surface area (Å²) in [4.78, 5) is 10.6. The molecule has 0 bridgehead atoms. The number of fused-ring (bicyclic) bond motifs is 11. The van der Waals surface area contributed by atoms with Crippen LogP contribution in [0.1, 0.15) is 76.0 Å². The standard InChI is InChI=1S/C58H51B2IN4S/c1-4-7-18-37-28-30-45-44(31-37)60-54-51(62(45)41-21-12-10-13-22-41)35-40(61)36-52(54)65-47-26-17-16-25-46(47)64-50-34-39(20-9-6-3)33-49-53(50)59(57-55(64)56(65)58(60)66-57)43-29-27-38(19-8-5-2)32-48(43)63(49)42-23-14-11-15-24-42/h10-17,21-36H,4-9,18-20H2,1-3H3. The molecule has 5 aliphatic heterocycles. The molecular weight excluding hydrogens is 933 g/mol. The molecule has 0 unspecified atom stereocenters. The molecule has 0 amide bonds. The minimum absolute atomic E-state index is 0.0838. The summed E-state index contributed by atoms with van der Waals surface area (Å²) >= 11 is 4.68. The summed E-state index contributed by atoms with van der Waals surface area (Å²) in [5.74, 6) is 0. The van der Waals surface area contributed by atoms with Crippen LogP contribution < -0.4 is 51.0 Å². The first-order valence-electron chi connectivity index (χ1n) is 24.4. The minimum Gasteiger partial charge on any atom is -0.311 e. The second-order valence-corrected chi connectivity index (χ2v) is 21.2. The van der Waals surface area contributed by atoms with E-state index in [1.807, 2.05) is 0 Å². The van der Waals surface area contributed by atoms with Crippen LogP contribution in [0, 0.1) is 3.57 Å². The number of anilines is 12. The van der Waals surface area contributed by atoms with Gasteiger partial charge in [-0.1, -0.05) is 113 Å². The Balaban J connectivity index is 1.13. The van der Waals surface area contributed by atoms with E-state index >= 15 is 0 Å². The van der Waals surface area contributed by atoms with Crippen molar-refractivity contribution in [3.63, 3.8) is 0 Å². The first-order chi connectivity index (χ1) is 32.6. The van der Waals surface area contributed by atoms with Crippen LogP contribution in [-0.4, -0.2) is 13.4 Å². The fourth-order valence-electron chi connectivity index (χ4n) is 11.9. The molecule has 13 rings (SSSR count). The highest BCUT2D eigenvalue weighted by molar-refractivity contribution is 14.1. The highest BCUT2D eigenvalue weighted by Gasteiger charge is 2.54. The molecule has 5 aliphatic rings. The van der Waals surface area contributed by atoms with Crippen LogP contribution in [0.15, 0.2) is 146 Å². The average Bonchev–Trinajstić information content (AvgIpc) is 3.74. The number of hydrogen-bond acceptors (Lipinski definition) is 5. The molecule has 0 radical (unpaired) electrons. The van der Waals surface area contributed by atoms with E-state index in [2.05, 4.69) is 220 Å². The summed E-state index contributed by atoms with van der Waals surface area (Å²) in [7, 11) is 0. The van der Waals surface area contributed by atoms with Gasteiger partial charge >= 0.3 is 0 Å². The molecule has 66 heavy (non-hydrogen) atoms. The molecule has 0 saturated carbocycles. The van der Waals surface area contributed by atoms with Crippen molar-refractivity contribution >= 4 is 147 Å². The van der Waals surface area contributed by atoms with E-state index in [1.54, 1.807) is 0 Å². The lowest BCUT2D eigenvalue weighted by molar-refractivity contribution is 0.794. The third-order valence-corrected chi connectivity index (χ3v) is 16.8. The fourth-order valence-corrected chi connectivity index (χ4v) is 14.1. The maximum absolute atomic E-state index is 2.71. The van der Waals surface area contributed by atoms with Gasteiger partial charge in [-0.2, -0.15) is 11.3 Å². The van der Waals surface area contributed by atoms with Crippen LogP contribution in [0.5, 0.6) is 0 Å². The number of thiophene rings is 1. The molecule has 6 heterocycles. The maximum Gasteiger partial charge on any atom is 0.264 e. The van der Waals surface area contributed by atoms with Crippen molar-refractivity contribution in [3.05, 3.63) is 166 Å². The zero-order valence-corrected chi connectivity index (χ0v) is 40.9. The summed E-state index contributed by atoms with van der Waals surface area (Å²) < 4.78 is 4.17. The first kappa shape index (κ1) is 40.6. The van der Waals surface area contributed by atoms with Crippen LogP contribution in [0.25, 0.3) is 0 Å². The summed E-state index contributed by atoms with van der Waals surface area (Å²) in [6.45, 7) is 7.11. The van der Waals surface area contributed by atoms with E-state index in [9.17, 15) is 0 Å². The maximum atomic E-state index is 2.71. The number of aryl methyl sites for hydroxylation is 3. The SMILES string of the molecule is CCCCc1ccc2c(c1)B1c3sc4c5c3N(c3ccccc3N5c3cc(CCCC)cc5c3B4c3ccc(CCCC)cc3N5c3ccccc3)c3cc(I)cc(c31)N2c1ccccc1. The van der Waals surface area contributed by atoms with Crippen molar-refractivity contribution in [3.8, 4) is 0 Å². The van der Waals surface area contributed by atoms with Crippen LogP contribution in [-0.2, 0) is 19.3 Å². The van der Waals surface area contributed by atoms with Gasteiger partial charge in [-0.05, 0) is 172 Å². The molecule has 0 saturated heterocycles. The van der Waals surface area contributed by atoms with Crippen molar-refractivity contribution < 1.29 is 0 Å². The smallest absolute Gasteiger partial charge is 0.264 e. The van der Waals surface area contributed by atoms with Gasteiger partial charge in [0, 0.05) is 58.6 Å². The van der Waals surface area contributed by atoms with Crippen molar-refractivity contribution in [2.75, 3.05) is 19.6 Å². The highest BCUT2D eigenvalue weighted by atomic mass is 127. The Hall–Kier alpha value is -5.70. The van der Waals surface area contributed by atoms with Crippen LogP contribution in [0.4, 0.5) is 68.2 Å². The number of rotatable bonds is 11. The topological polar surface area (TPSA) is 13.0 Å². The molecule has 4 nitrogen and oxygen atoms in total. The first-order valence-corrected chi connectivity index (χ1v) is 26.3. The van der Waals surface area contributed by atoms with Gasteiger partial charge < -0.3 is 19.6 Å². The molecule has 322 valence electrons. The lowest BCUT2D eigenvalue weighted by atomic mass is 9.35. The summed E-state index contributed by atoms with van der Waals surface area (Å²) in [6.07, 6.45) is 10.3. The lowest BCUT2D eigenvalue weighted by Crippen LogP contribution is -2.61. The van der Waals surface area contributed by atoms with Gasteiger partial charge in [0.1, 0.15) is 0 Å². The average molecular weight is 985 g/mol. The quantitative estimate of drug-likeness (QED) is 0.0946. The molecule has 1 aromatic heterocycles. The number of halogens is 1. The van der Waals surface area contributed by atoms with E-state index in [4.69, 9.17) is 0 Å². The van der Waals surface area contributed by atoms with Crippen molar-refractivity contribution in [2.24, 2.45) is 0 Å². The van der Waals surface area contributed by atoms with Crippen molar-refractivity contribution in [1.82, 2.24) is 0 Å². The minimum atomic E-state index is 0.0838. The number of hydrogen-bond donors (Lipinski definition) is 0. The summed E-state index contributed by atoms with van der Waals surface area (Å²) in [5, 5.41) is 0. The molecule has 0 spiro atoms. The zero-order valence-electron chi connectivity index (χ0n) is 38.0. The highest BCUT2D eigenvalue weighted by Crippen LogP contribution is 2.58. The Morgan fingerprint density at radius 1 is 0.409 bits per heavy atom. The predicted octanol–water partition coefficient (Wildman–Crippen LogP) is 12.9. The number of unbranched alkanes of at least 4 members (excludes halogenated alkanes) is 3. The third kappa shape index (κ3) is 5.95. The third-order valence-electron chi connectivity index (χ3n) is 14.9. The van der Waals surface area contributed by atoms with Crippen LogP contribution >= 0.6 is 33.9 Å². The largest absolute Gasteiger partial charge is 0.311 e. The van der Waals surface area contributed by atoms with Crippen molar-refractivity contribution in [1.29, 1.82) is 0 Å². The second kappa shape index (κ2) is 16.0. The van der Waals surface area contributed by atoms with Crippen molar-refractivity contribution in [2.45, 2.75) is 78.6 Å². The Morgan fingerprint density at radius 3 is 1.45 bits per heavy atom. The second-order valence-electron chi connectivity index (χ2n) is 18.9. The van der Waals surface area contributed by atoms with Gasteiger partial charge in [0.15, 0.2) is 0 Å². The number of para-hydroxylation sites is 4. The Labute approximate surface area is 408 Å². The predicted molar refractivity (Wildman–Crippen MR) is 294 cm³/mol. The van der Waals surface area contributed by atoms with Gasteiger partial charge in [-0.3, -0.25) is 0 Å². The monoisotopic (exact) mass is 984 g/mol. The molecule has 0 N–H and O–H groups in total. The summed E-state index contributed by atoms with van der Waals surface area (Å²) in [6, 6.07) is 56.5. The van der Waals surface area contributed by atoms with Crippen LogP contribution in [0.3, 0.4) is 0 Å². The van der Waals surface area contributed by atoms with Gasteiger partial charge in [-0.25, -0.2) is 0 Å². The fraction of sp³-hybridized carbons (Fsp3) is 0.207. The Bertz CT molecular complexity index is 3240.